The number of carbonyl (C=O) groups excluding carboxylic acids is 3. The minimum absolute atomic E-state index is 0.0722. The average molecular weight is 480 g/mol. The molecule has 0 aromatic rings. The molecule has 2 amide bonds. The van der Waals surface area contributed by atoms with E-state index in [0.717, 1.165) is 25.8 Å². The number of esters is 1. The number of likely N-dealkylation sites (N-methyl/N-ethyl adjacent to an activating group) is 1. The number of hydrogen-bond donors (Lipinski definition) is 1. The summed E-state index contributed by atoms with van der Waals surface area (Å²) in [6, 6.07) is -0.902. The van der Waals surface area contributed by atoms with Crippen LogP contribution in [0.5, 0.6) is 0 Å². The fraction of sp³-hybridized carbons (Fsp3) is 0.815. The Hall–Kier alpha value is -1.89. The number of amides is 2. The molecule has 1 aliphatic rings. The summed E-state index contributed by atoms with van der Waals surface area (Å²) in [5, 5.41) is 3.13. The highest BCUT2D eigenvalue weighted by Gasteiger charge is 2.40. The molecular weight excluding hydrogens is 430 g/mol. The van der Waals surface area contributed by atoms with Gasteiger partial charge in [-0.3, -0.25) is 14.5 Å². The lowest BCUT2D eigenvalue weighted by molar-refractivity contribution is -0.143. The molecule has 7 nitrogen and oxygen atoms in total. The van der Waals surface area contributed by atoms with E-state index in [2.05, 4.69) is 24.1 Å². The summed E-state index contributed by atoms with van der Waals surface area (Å²) in [4.78, 5) is 43.6. The Labute approximate surface area is 207 Å². The molecule has 1 rings (SSSR count). The number of piperidine rings is 1. The van der Waals surface area contributed by atoms with Crippen LogP contribution in [0, 0.1) is 11.3 Å². The lowest BCUT2D eigenvalue weighted by Crippen LogP contribution is -2.61. The molecule has 3 atom stereocenters. The fourth-order valence-corrected chi connectivity index (χ4v) is 4.63. The van der Waals surface area contributed by atoms with Crippen LogP contribution in [0.15, 0.2) is 11.6 Å². The molecule has 34 heavy (non-hydrogen) atoms. The van der Waals surface area contributed by atoms with E-state index in [9.17, 15) is 14.4 Å². The molecule has 0 aliphatic carbocycles. The summed E-state index contributed by atoms with van der Waals surface area (Å²) in [7, 11) is 0. The Morgan fingerprint density at radius 2 is 1.74 bits per heavy atom. The quantitative estimate of drug-likeness (QED) is 0.376. The summed E-state index contributed by atoms with van der Waals surface area (Å²) in [6.45, 7) is 21.3. The minimum Gasteiger partial charge on any atom is -0.463 e. The molecule has 1 N–H and O–H groups in total. The molecule has 0 aromatic carbocycles. The van der Waals surface area contributed by atoms with Crippen molar-refractivity contribution < 1.29 is 19.1 Å². The van der Waals surface area contributed by atoms with Crippen molar-refractivity contribution >= 4 is 17.8 Å². The van der Waals surface area contributed by atoms with Gasteiger partial charge in [0, 0.05) is 18.2 Å². The Balaban J connectivity index is 3.24. The van der Waals surface area contributed by atoms with Crippen LogP contribution in [0.2, 0.25) is 0 Å². The van der Waals surface area contributed by atoms with Crippen molar-refractivity contribution in [3.8, 4) is 0 Å². The van der Waals surface area contributed by atoms with E-state index in [4.69, 9.17) is 4.74 Å². The molecule has 0 radical (unpaired) electrons. The van der Waals surface area contributed by atoms with E-state index in [1.807, 2.05) is 47.6 Å². The molecule has 7 heteroatoms. The van der Waals surface area contributed by atoms with Gasteiger partial charge in [0.1, 0.15) is 6.04 Å². The predicted octanol–water partition coefficient (Wildman–Crippen LogP) is 4.16. The maximum atomic E-state index is 13.9. The standard InChI is InChI=1S/C27H49N3O4/c1-11-29(22(18(3)4)17-20(7)26(33)34-12-2)25(32)23(27(8,9)10)28-24(31)21-15-13-14-16-30(21)19(5)6/h17-19,21-23H,11-16H2,1-10H3,(H,28,31)/b20-17+/t21?,22-,23?/m1/s1. The molecule has 2 unspecified atom stereocenters. The van der Waals surface area contributed by atoms with Crippen molar-refractivity contribution in [1.29, 1.82) is 0 Å². The maximum Gasteiger partial charge on any atom is 0.333 e. The third kappa shape index (κ3) is 8.10. The van der Waals surface area contributed by atoms with Crippen molar-refractivity contribution in [2.45, 2.75) is 113 Å². The van der Waals surface area contributed by atoms with Gasteiger partial charge in [0.15, 0.2) is 0 Å². The Morgan fingerprint density at radius 1 is 1.12 bits per heavy atom. The number of rotatable bonds is 10. The fourth-order valence-electron chi connectivity index (χ4n) is 4.63. The van der Waals surface area contributed by atoms with E-state index in [1.165, 1.54) is 0 Å². The first-order valence-electron chi connectivity index (χ1n) is 13.0. The molecular formula is C27H49N3O4. The van der Waals surface area contributed by atoms with Gasteiger partial charge in [-0.2, -0.15) is 0 Å². The van der Waals surface area contributed by atoms with Gasteiger partial charge in [0.25, 0.3) is 0 Å². The second-order valence-electron chi connectivity index (χ2n) is 11.1. The molecule has 1 heterocycles. The van der Waals surface area contributed by atoms with Crippen LogP contribution in [0.4, 0.5) is 0 Å². The van der Waals surface area contributed by atoms with E-state index >= 15 is 0 Å². The largest absolute Gasteiger partial charge is 0.463 e. The summed E-state index contributed by atoms with van der Waals surface area (Å²) >= 11 is 0. The first kappa shape index (κ1) is 30.1. The number of ether oxygens (including phenoxy) is 1. The molecule has 0 bridgehead atoms. The first-order valence-corrected chi connectivity index (χ1v) is 13.0. The van der Waals surface area contributed by atoms with Crippen molar-refractivity contribution in [2.24, 2.45) is 11.3 Å². The van der Waals surface area contributed by atoms with E-state index in [0.29, 0.717) is 18.7 Å². The number of nitrogens with zero attached hydrogens (tertiary/aromatic N) is 2. The van der Waals surface area contributed by atoms with Crippen LogP contribution in [-0.4, -0.2) is 71.4 Å². The van der Waals surface area contributed by atoms with Gasteiger partial charge < -0.3 is 15.0 Å². The summed E-state index contributed by atoms with van der Waals surface area (Å²) < 4.78 is 5.14. The first-order chi connectivity index (χ1) is 15.8. The molecule has 196 valence electrons. The van der Waals surface area contributed by atoms with Crippen LogP contribution in [-0.2, 0) is 19.1 Å². The van der Waals surface area contributed by atoms with Crippen LogP contribution in [0.25, 0.3) is 0 Å². The summed E-state index contributed by atoms with van der Waals surface area (Å²) in [5.74, 6) is -0.485. The van der Waals surface area contributed by atoms with Crippen molar-refractivity contribution in [3.05, 3.63) is 11.6 Å². The highest BCUT2D eigenvalue weighted by molar-refractivity contribution is 5.91. The third-order valence-corrected chi connectivity index (χ3v) is 6.59. The molecule has 1 fully saturated rings. The van der Waals surface area contributed by atoms with E-state index in [-0.39, 0.29) is 41.8 Å². The highest BCUT2D eigenvalue weighted by Crippen LogP contribution is 2.26. The van der Waals surface area contributed by atoms with Gasteiger partial charge in [-0.15, -0.1) is 0 Å². The van der Waals surface area contributed by atoms with Crippen LogP contribution >= 0.6 is 0 Å². The van der Waals surface area contributed by atoms with Crippen LogP contribution in [0.1, 0.15) is 88.5 Å². The third-order valence-electron chi connectivity index (χ3n) is 6.59. The smallest absolute Gasteiger partial charge is 0.333 e. The number of carbonyl (C=O) groups is 3. The number of likely N-dealkylation sites (tertiary alicyclic amines) is 1. The lowest BCUT2D eigenvalue weighted by atomic mass is 9.84. The van der Waals surface area contributed by atoms with Gasteiger partial charge in [0.05, 0.1) is 18.7 Å². The van der Waals surface area contributed by atoms with Crippen molar-refractivity contribution in [3.63, 3.8) is 0 Å². The Bertz CT molecular complexity index is 724. The van der Waals surface area contributed by atoms with Gasteiger partial charge in [-0.05, 0) is 65.3 Å². The second kappa shape index (κ2) is 13.3. The Morgan fingerprint density at radius 3 is 2.21 bits per heavy atom. The van der Waals surface area contributed by atoms with E-state index in [1.54, 1.807) is 18.7 Å². The molecule has 0 spiro atoms. The molecule has 1 aliphatic heterocycles. The van der Waals surface area contributed by atoms with Gasteiger partial charge in [-0.1, -0.05) is 47.1 Å². The summed E-state index contributed by atoms with van der Waals surface area (Å²) in [6.07, 6.45) is 4.75. The monoisotopic (exact) mass is 479 g/mol. The molecule has 0 saturated carbocycles. The zero-order valence-corrected chi connectivity index (χ0v) is 23.2. The number of nitrogens with one attached hydrogen (secondary N) is 1. The van der Waals surface area contributed by atoms with Gasteiger partial charge >= 0.3 is 5.97 Å². The van der Waals surface area contributed by atoms with Crippen LogP contribution in [0.3, 0.4) is 0 Å². The van der Waals surface area contributed by atoms with Crippen molar-refractivity contribution in [2.75, 3.05) is 19.7 Å². The normalized spacial score (nSPS) is 19.6. The van der Waals surface area contributed by atoms with Gasteiger partial charge in [0.2, 0.25) is 11.8 Å². The second-order valence-corrected chi connectivity index (χ2v) is 11.1. The zero-order chi connectivity index (χ0) is 26.2. The van der Waals surface area contributed by atoms with Crippen molar-refractivity contribution in [1.82, 2.24) is 15.1 Å². The van der Waals surface area contributed by atoms with Crippen LogP contribution < -0.4 is 5.32 Å². The zero-order valence-electron chi connectivity index (χ0n) is 23.2. The minimum atomic E-state index is -0.673. The maximum absolute atomic E-state index is 13.9. The predicted molar refractivity (Wildman–Crippen MR) is 137 cm³/mol. The average Bonchev–Trinajstić information content (AvgIpc) is 2.75. The number of hydrogen-bond acceptors (Lipinski definition) is 5. The SMILES string of the molecule is CCOC(=O)/C(C)=C/[C@H](C(C)C)N(CC)C(=O)C(NC(=O)C1CCCCN1C(C)C)C(C)(C)C. The molecule has 0 aromatic heterocycles. The lowest BCUT2D eigenvalue weighted by Gasteiger charge is -2.41. The topological polar surface area (TPSA) is 79.0 Å². The molecule has 1 saturated heterocycles. The summed E-state index contributed by atoms with van der Waals surface area (Å²) in [5.41, 5.74) is 0.0109. The van der Waals surface area contributed by atoms with Gasteiger partial charge in [-0.25, -0.2) is 4.79 Å². The van der Waals surface area contributed by atoms with E-state index < -0.39 is 11.5 Å². The Kier molecular flexibility index (Phi) is 11.8. The highest BCUT2D eigenvalue weighted by atomic mass is 16.5.